The Morgan fingerprint density at radius 2 is 1.91 bits per heavy atom. The van der Waals surface area contributed by atoms with Crippen LogP contribution in [0.3, 0.4) is 0 Å². The van der Waals surface area contributed by atoms with E-state index in [2.05, 4.69) is 5.43 Å². The van der Waals surface area contributed by atoms with E-state index >= 15 is 0 Å². The van der Waals surface area contributed by atoms with Crippen LogP contribution >= 0.6 is 23.2 Å². The smallest absolute Gasteiger partial charge is 0.426 e. The van der Waals surface area contributed by atoms with Gasteiger partial charge in [0, 0.05) is 10.0 Å². The lowest BCUT2D eigenvalue weighted by Crippen LogP contribution is -2.43. The summed E-state index contributed by atoms with van der Waals surface area (Å²) in [7, 11) is 0. The molecule has 2 aromatic carbocycles. The van der Waals surface area contributed by atoms with Gasteiger partial charge in [0.1, 0.15) is 6.61 Å². The fraction of sp³-hybridized carbons (Fsp3) is 0.118. The molecule has 4 nitrogen and oxygen atoms in total. The summed E-state index contributed by atoms with van der Waals surface area (Å²) >= 11 is 11.8. The van der Waals surface area contributed by atoms with E-state index < -0.39 is 6.09 Å². The van der Waals surface area contributed by atoms with Crippen LogP contribution in [-0.4, -0.2) is 12.6 Å². The van der Waals surface area contributed by atoms with Crippen molar-refractivity contribution < 1.29 is 9.53 Å². The first-order chi connectivity index (χ1) is 11.1. The van der Waals surface area contributed by atoms with E-state index in [1.165, 1.54) is 0 Å². The van der Waals surface area contributed by atoms with Crippen LogP contribution in [0.2, 0.25) is 10.0 Å². The summed E-state index contributed by atoms with van der Waals surface area (Å²) in [4.78, 5) is 12.0. The zero-order chi connectivity index (χ0) is 16.2. The van der Waals surface area contributed by atoms with Crippen molar-refractivity contribution in [3.63, 3.8) is 0 Å². The van der Waals surface area contributed by atoms with Crippen LogP contribution in [0.4, 0.5) is 10.5 Å². The van der Waals surface area contributed by atoms with E-state index in [4.69, 9.17) is 27.9 Å². The quantitative estimate of drug-likeness (QED) is 0.876. The summed E-state index contributed by atoms with van der Waals surface area (Å²) in [5.41, 5.74) is 5.43. The standard InChI is InChI=1S/C17H14Cl2N2O2/c18-14-8-12(9-15(19)10-14)11-23-17(22)20-21-7-3-5-13-4-1-2-6-16(13)21/h1-6,8-10H,7,11H2,(H,20,22). The third kappa shape index (κ3) is 3.97. The maximum absolute atomic E-state index is 12.0. The summed E-state index contributed by atoms with van der Waals surface area (Å²) in [6.07, 6.45) is 3.46. The molecule has 0 spiro atoms. The summed E-state index contributed by atoms with van der Waals surface area (Å²) in [6, 6.07) is 12.8. The zero-order valence-electron chi connectivity index (χ0n) is 12.1. The highest BCUT2D eigenvalue weighted by atomic mass is 35.5. The Kier molecular flexibility index (Phi) is 4.74. The number of ether oxygens (including phenoxy) is 1. The van der Waals surface area contributed by atoms with E-state index in [1.807, 2.05) is 36.4 Å². The zero-order valence-corrected chi connectivity index (χ0v) is 13.6. The third-order valence-electron chi connectivity index (χ3n) is 3.33. The highest BCUT2D eigenvalue weighted by molar-refractivity contribution is 6.34. The van der Waals surface area contributed by atoms with Crippen LogP contribution < -0.4 is 10.4 Å². The van der Waals surface area contributed by atoms with Crippen molar-refractivity contribution in [2.24, 2.45) is 0 Å². The molecule has 2 aromatic rings. The monoisotopic (exact) mass is 348 g/mol. The molecule has 1 amide bonds. The van der Waals surface area contributed by atoms with Crippen LogP contribution in [0.1, 0.15) is 11.1 Å². The number of hydrogen-bond acceptors (Lipinski definition) is 3. The normalized spacial score (nSPS) is 12.7. The van der Waals surface area contributed by atoms with Crippen molar-refractivity contribution in [1.29, 1.82) is 0 Å². The van der Waals surface area contributed by atoms with E-state index in [-0.39, 0.29) is 6.61 Å². The van der Waals surface area contributed by atoms with Gasteiger partial charge in [-0.25, -0.2) is 10.2 Å². The Morgan fingerprint density at radius 3 is 2.70 bits per heavy atom. The molecule has 0 radical (unpaired) electrons. The number of hydrazine groups is 1. The van der Waals surface area contributed by atoms with Crippen LogP contribution in [-0.2, 0) is 11.3 Å². The summed E-state index contributed by atoms with van der Waals surface area (Å²) in [5, 5.41) is 2.75. The maximum Gasteiger partial charge on any atom is 0.426 e. The Hall–Kier alpha value is -2.17. The van der Waals surface area contributed by atoms with Gasteiger partial charge in [-0.15, -0.1) is 0 Å². The average molecular weight is 349 g/mol. The number of carbonyl (C=O) groups excluding carboxylic acids is 1. The van der Waals surface area contributed by atoms with E-state index in [0.717, 1.165) is 16.8 Å². The minimum atomic E-state index is -0.536. The molecule has 0 saturated carbocycles. The minimum absolute atomic E-state index is 0.0947. The van der Waals surface area contributed by atoms with Gasteiger partial charge in [0.05, 0.1) is 12.2 Å². The van der Waals surface area contributed by atoms with Crippen molar-refractivity contribution >= 4 is 41.1 Å². The van der Waals surface area contributed by atoms with Crippen molar-refractivity contribution in [2.45, 2.75) is 6.61 Å². The Labute approximate surface area is 144 Å². The Morgan fingerprint density at radius 1 is 1.17 bits per heavy atom. The molecule has 3 rings (SSSR count). The van der Waals surface area contributed by atoms with E-state index in [1.54, 1.807) is 23.2 Å². The number of nitrogens with zero attached hydrogens (tertiary/aromatic N) is 1. The first-order valence-corrected chi connectivity index (χ1v) is 7.79. The van der Waals surface area contributed by atoms with Gasteiger partial charge >= 0.3 is 6.09 Å². The first-order valence-electron chi connectivity index (χ1n) is 7.03. The number of carbonyl (C=O) groups is 1. The molecule has 1 N–H and O–H groups in total. The molecule has 118 valence electrons. The molecule has 1 aliphatic rings. The number of para-hydroxylation sites is 1. The van der Waals surface area contributed by atoms with Crippen molar-refractivity contribution in [1.82, 2.24) is 5.43 Å². The average Bonchev–Trinajstić information content (AvgIpc) is 2.52. The second-order valence-corrected chi connectivity index (χ2v) is 5.91. The molecule has 0 atom stereocenters. The maximum atomic E-state index is 12.0. The molecule has 0 aliphatic carbocycles. The lowest BCUT2D eigenvalue weighted by atomic mass is 10.1. The summed E-state index contributed by atoms with van der Waals surface area (Å²) in [5.74, 6) is 0. The van der Waals surface area contributed by atoms with E-state index in [0.29, 0.717) is 16.6 Å². The van der Waals surface area contributed by atoms with Crippen molar-refractivity contribution in [3.8, 4) is 0 Å². The number of benzene rings is 2. The summed E-state index contributed by atoms with van der Waals surface area (Å²) < 4.78 is 5.22. The van der Waals surface area contributed by atoms with Gasteiger partial charge in [-0.3, -0.25) is 5.01 Å². The van der Waals surface area contributed by atoms with Gasteiger partial charge in [-0.1, -0.05) is 53.6 Å². The number of hydrogen-bond donors (Lipinski definition) is 1. The van der Waals surface area contributed by atoms with Gasteiger partial charge in [0.25, 0.3) is 0 Å². The topological polar surface area (TPSA) is 41.6 Å². The van der Waals surface area contributed by atoms with Crippen LogP contribution in [0, 0.1) is 0 Å². The molecule has 1 aliphatic heterocycles. The fourth-order valence-corrected chi connectivity index (χ4v) is 2.92. The van der Waals surface area contributed by atoms with Gasteiger partial charge in [0.2, 0.25) is 0 Å². The largest absolute Gasteiger partial charge is 0.443 e. The van der Waals surface area contributed by atoms with Crippen molar-refractivity contribution in [2.75, 3.05) is 11.6 Å². The van der Waals surface area contributed by atoms with Gasteiger partial charge in [-0.05, 0) is 35.4 Å². The molecule has 0 saturated heterocycles. The molecule has 0 unspecified atom stereocenters. The van der Waals surface area contributed by atoms with E-state index in [9.17, 15) is 4.79 Å². The van der Waals surface area contributed by atoms with Crippen LogP contribution in [0.5, 0.6) is 0 Å². The van der Waals surface area contributed by atoms with Gasteiger partial charge in [0.15, 0.2) is 0 Å². The predicted molar refractivity (Wildman–Crippen MR) is 92.6 cm³/mol. The number of anilines is 1. The first kappa shape index (κ1) is 15.7. The van der Waals surface area contributed by atoms with Gasteiger partial charge in [-0.2, -0.15) is 0 Å². The number of halogens is 2. The number of rotatable bonds is 3. The molecule has 0 aromatic heterocycles. The molecule has 0 fully saturated rings. The summed E-state index contributed by atoms with van der Waals surface area (Å²) in [6.45, 7) is 0.673. The lowest BCUT2D eigenvalue weighted by molar-refractivity contribution is 0.139. The Bertz CT molecular complexity index is 742. The minimum Gasteiger partial charge on any atom is -0.443 e. The molecular formula is C17H14Cl2N2O2. The Balaban J connectivity index is 1.61. The van der Waals surface area contributed by atoms with Crippen LogP contribution in [0.25, 0.3) is 6.08 Å². The number of nitrogens with one attached hydrogen (secondary N) is 1. The predicted octanol–water partition coefficient (Wildman–Crippen LogP) is 4.67. The van der Waals surface area contributed by atoms with Gasteiger partial charge < -0.3 is 4.74 Å². The molecule has 1 heterocycles. The number of fused-ring (bicyclic) bond motifs is 1. The second-order valence-electron chi connectivity index (χ2n) is 5.04. The second kappa shape index (κ2) is 6.94. The molecular weight excluding hydrogens is 335 g/mol. The molecule has 0 bridgehead atoms. The highest BCUT2D eigenvalue weighted by Gasteiger charge is 2.15. The number of amides is 1. The lowest BCUT2D eigenvalue weighted by Gasteiger charge is -2.27. The fourth-order valence-electron chi connectivity index (χ4n) is 2.35. The van der Waals surface area contributed by atoms with Crippen molar-refractivity contribution in [3.05, 3.63) is 69.7 Å². The third-order valence-corrected chi connectivity index (χ3v) is 3.77. The highest BCUT2D eigenvalue weighted by Crippen LogP contribution is 2.24. The van der Waals surface area contributed by atoms with Crippen LogP contribution in [0.15, 0.2) is 48.5 Å². The molecule has 23 heavy (non-hydrogen) atoms. The SMILES string of the molecule is O=C(NN1CC=Cc2ccccc21)OCc1cc(Cl)cc(Cl)c1. The molecule has 6 heteroatoms.